The summed E-state index contributed by atoms with van der Waals surface area (Å²) < 4.78 is 1.14. The van der Waals surface area contributed by atoms with E-state index < -0.39 is 6.04 Å². The van der Waals surface area contributed by atoms with Crippen LogP contribution in [-0.2, 0) is 4.79 Å². The van der Waals surface area contributed by atoms with Crippen LogP contribution in [0.1, 0.15) is 13.0 Å². The SMILES string of the molecule is CC(C(=O)Nc1cnc2ccccc2c1)n1ncccc1=O. The molecule has 110 valence electrons. The summed E-state index contributed by atoms with van der Waals surface area (Å²) in [5.74, 6) is -0.321. The number of hydrogen-bond donors (Lipinski definition) is 1. The molecule has 0 aliphatic carbocycles. The Balaban J connectivity index is 1.83. The van der Waals surface area contributed by atoms with Crippen molar-refractivity contribution in [1.82, 2.24) is 14.8 Å². The topological polar surface area (TPSA) is 76.9 Å². The van der Waals surface area contributed by atoms with Crippen molar-refractivity contribution >= 4 is 22.5 Å². The second-order valence-electron chi connectivity index (χ2n) is 4.89. The van der Waals surface area contributed by atoms with Gasteiger partial charge in [0.25, 0.3) is 5.56 Å². The molecule has 0 aliphatic heterocycles. The van der Waals surface area contributed by atoms with Crippen LogP contribution in [0.4, 0.5) is 5.69 Å². The van der Waals surface area contributed by atoms with Crippen LogP contribution < -0.4 is 10.9 Å². The van der Waals surface area contributed by atoms with Gasteiger partial charge in [0.2, 0.25) is 5.91 Å². The molecule has 2 aromatic heterocycles. The highest BCUT2D eigenvalue weighted by Gasteiger charge is 2.17. The number of nitrogens with one attached hydrogen (secondary N) is 1. The summed E-state index contributed by atoms with van der Waals surface area (Å²) in [6.45, 7) is 1.62. The summed E-state index contributed by atoms with van der Waals surface area (Å²) in [6.07, 6.45) is 3.07. The number of pyridine rings is 1. The maximum Gasteiger partial charge on any atom is 0.267 e. The number of aromatic nitrogens is 3. The van der Waals surface area contributed by atoms with Gasteiger partial charge in [0.15, 0.2) is 0 Å². The van der Waals surface area contributed by atoms with Gasteiger partial charge in [0.05, 0.1) is 17.4 Å². The van der Waals surface area contributed by atoms with Gasteiger partial charge in [-0.15, -0.1) is 0 Å². The molecule has 1 atom stereocenters. The first-order valence-electron chi connectivity index (χ1n) is 6.84. The molecule has 0 saturated heterocycles. The Morgan fingerprint density at radius 1 is 1.23 bits per heavy atom. The highest BCUT2D eigenvalue weighted by Crippen LogP contribution is 2.17. The Hall–Kier alpha value is -3.02. The molecule has 1 amide bonds. The van der Waals surface area contributed by atoms with Crippen molar-refractivity contribution in [1.29, 1.82) is 0 Å². The number of para-hydroxylation sites is 1. The molecule has 1 unspecified atom stereocenters. The van der Waals surface area contributed by atoms with E-state index in [4.69, 9.17) is 0 Å². The van der Waals surface area contributed by atoms with Crippen molar-refractivity contribution < 1.29 is 4.79 Å². The minimum Gasteiger partial charge on any atom is -0.323 e. The smallest absolute Gasteiger partial charge is 0.267 e. The Kier molecular flexibility index (Phi) is 3.65. The summed E-state index contributed by atoms with van der Waals surface area (Å²) in [6, 6.07) is 11.7. The van der Waals surface area contributed by atoms with Crippen molar-refractivity contribution in [3.05, 3.63) is 65.2 Å². The molecule has 0 radical (unpaired) electrons. The maximum atomic E-state index is 12.3. The van der Waals surface area contributed by atoms with E-state index in [-0.39, 0.29) is 11.5 Å². The fourth-order valence-electron chi connectivity index (χ4n) is 2.16. The van der Waals surface area contributed by atoms with Crippen LogP contribution in [0.15, 0.2) is 59.7 Å². The third-order valence-electron chi connectivity index (χ3n) is 3.35. The molecule has 3 rings (SSSR count). The van der Waals surface area contributed by atoms with Crippen molar-refractivity contribution in [2.45, 2.75) is 13.0 Å². The molecule has 0 fully saturated rings. The van der Waals surface area contributed by atoms with Gasteiger partial charge in [-0.2, -0.15) is 5.10 Å². The molecule has 6 nitrogen and oxygen atoms in total. The number of benzene rings is 1. The van der Waals surface area contributed by atoms with Gasteiger partial charge >= 0.3 is 0 Å². The third kappa shape index (κ3) is 2.71. The first-order valence-corrected chi connectivity index (χ1v) is 6.84. The zero-order valence-corrected chi connectivity index (χ0v) is 11.9. The fraction of sp³-hybridized carbons (Fsp3) is 0.125. The molecule has 1 N–H and O–H groups in total. The number of hydrogen-bond acceptors (Lipinski definition) is 4. The average Bonchev–Trinajstić information content (AvgIpc) is 2.54. The van der Waals surface area contributed by atoms with E-state index in [0.717, 1.165) is 15.6 Å². The standard InChI is InChI=1S/C16H14N4O2/c1-11(20-15(21)7-4-8-18-20)16(22)19-13-9-12-5-2-3-6-14(12)17-10-13/h2-11H,1H3,(H,19,22). The lowest BCUT2D eigenvalue weighted by Gasteiger charge is -2.13. The van der Waals surface area contributed by atoms with E-state index in [1.54, 1.807) is 13.1 Å². The largest absolute Gasteiger partial charge is 0.323 e. The summed E-state index contributed by atoms with van der Waals surface area (Å²) >= 11 is 0. The Bertz CT molecular complexity index is 888. The van der Waals surface area contributed by atoms with E-state index in [0.29, 0.717) is 5.69 Å². The van der Waals surface area contributed by atoms with Crippen LogP contribution >= 0.6 is 0 Å². The molecule has 1 aromatic carbocycles. The van der Waals surface area contributed by atoms with E-state index in [9.17, 15) is 9.59 Å². The number of rotatable bonds is 3. The summed E-state index contributed by atoms with van der Waals surface area (Å²) in [7, 11) is 0. The number of carbonyl (C=O) groups excluding carboxylic acids is 1. The van der Waals surface area contributed by atoms with Crippen molar-refractivity contribution in [2.75, 3.05) is 5.32 Å². The zero-order chi connectivity index (χ0) is 15.5. The second kappa shape index (κ2) is 5.77. The normalized spacial score (nSPS) is 12.0. The fourth-order valence-corrected chi connectivity index (χ4v) is 2.16. The maximum absolute atomic E-state index is 12.3. The summed E-state index contributed by atoms with van der Waals surface area (Å²) in [5, 5.41) is 7.61. The van der Waals surface area contributed by atoms with Crippen molar-refractivity contribution in [3.8, 4) is 0 Å². The highest BCUT2D eigenvalue weighted by molar-refractivity contribution is 5.95. The molecule has 6 heteroatoms. The van der Waals surface area contributed by atoms with Gasteiger partial charge in [0, 0.05) is 17.6 Å². The lowest BCUT2D eigenvalue weighted by Crippen LogP contribution is -2.32. The molecule has 0 aliphatic rings. The minimum absolute atomic E-state index is 0.318. The monoisotopic (exact) mass is 294 g/mol. The first kappa shape index (κ1) is 13.9. The van der Waals surface area contributed by atoms with Crippen LogP contribution in [0.2, 0.25) is 0 Å². The van der Waals surface area contributed by atoms with Crippen LogP contribution in [-0.4, -0.2) is 20.7 Å². The molecule has 22 heavy (non-hydrogen) atoms. The predicted octanol–water partition coefficient (Wildman–Crippen LogP) is 1.99. The number of anilines is 1. The Morgan fingerprint density at radius 3 is 2.86 bits per heavy atom. The van der Waals surface area contributed by atoms with Gasteiger partial charge in [-0.25, -0.2) is 4.68 Å². The molecule has 3 aromatic rings. The molecule has 0 spiro atoms. The summed E-state index contributed by atoms with van der Waals surface area (Å²) in [4.78, 5) is 28.2. The number of carbonyl (C=O) groups is 1. The number of nitrogens with zero attached hydrogens (tertiary/aromatic N) is 3. The van der Waals surface area contributed by atoms with Gasteiger partial charge < -0.3 is 5.32 Å². The van der Waals surface area contributed by atoms with Crippen molar-refractivity contribution in [3.63, 3.8) is 0 Å². The summed E-state index contributed by atoms with van der Waals surface area (Å²) in [5.41, 5.74) is 1.12. The molecular weight excluding hydrogens is 280 g/mol. The molecule has 2 heterocycles. The average molecular weight is 294 g/mol. The molecule has 0 saturated carbocycles. The Morgan fingerprint density at radius 2 is 2.05 bits per heavy atom. The van der Waals surface area contributed by atoms with Gasteiger partial charge in [-0.1, -0.05) is 18.2 Å². The predicted molar refractivity (Wildman–Crippen MR) is 83.6 cm³/mol. The van der Waals surface area contributed by atoms with E-state index in [1.807, 2.05) is 30.3 Å². The molecular formula is C16H14N4O2. The van der Waals surface area contributed by atoms with E-state index in [2.05, 4.69) is 15.4 Å². The number of amides is 1. The third-order valence-corrected chi connectivity index (χ3v) is 3.35. The minimum atomic E-state index is -0.708. The first-order chi connectivity index (χ1) is 10.6. The van der Waals surface area contributed by atoms with Crippen LogP contribution in [0.5, 0.6) is 0 Å². The van der Waals surface area contributed by atoms with E-state index in [1.165, 1.54) is 18.3 Å². The number of fused-ring (bicyclic) bond motifs is 1. The van der Waals surface area contributed by atoms with Crippen LogP contribution in [0.3, 0.4) is 0 Å². The zero-order valence-electron chi connectivity index (χ0n) is 11.9. The van der Waals surface area contributed by atoms with E-state index >= 15 is 0 Å². The Labute approximate surface area is 126 Å². The quantitative estimate of drug-likeness (QED) is 0.801. The van der Waals surface area contributed by atoms with Gasteiger partial charge in [-0.3, -0.25) is 14.6 Å². The molecule has 0 bridgehead atoms. The van der Waals surface area contributed by atoms with Gasteiger partial charge in [-0.05, 0) is 25.1 Å². The lowest BCUT2D eigenvalue weighted by atomic mass is 10.2. The highest BCUT2D eigenvalue weighted by atomic mass is 16.2. The van der Waals surface area contributed by atoms with Crippen LogP contribution in [0, 0.1) is 0 Å². The second-order valence-corrected chi connectivity index (χ2v) is 4.89. The van der Waals surface area contributed by atoms with Crippen molar-refractivity contribution in [2.24, 2.45) is 0 Å². The van der Waals surface area contributed by atoms with Crippen LogP contribution in [0.25, 0.3) is 10.9 Å². The lowest BCUT2D eigenvalue weighted by molar-refractivity contribution is -0.119. The van der Waals surface area contributed by atoms with Gasteiger partial charge in [0.1, 0.15) is 6.04 Å².